The normalized spacial score (nSPS) is 18.1. The van der Waals surface area contributed by atoms with Gasteiger partial charge < -0.3 is 19.3 Å². The van der Waals surface area contributed by atoms with E-state index in [2.05, 4.69) is 0 Å². The minimum Gasteiger partial charge on any atom is -0.507 e. The fourth-order valence-electron chi connectivity index (χ4n) is 4.81. The lowest BCUT2D eigenvalue weighted by Crippen LogP contribution is -2.29. The van der Waals surface area contributed by atoms with Crippen LogP contribution in [0.5, 0.6) is 17.2 Å². The van der Waals surface area contributed by atoms with Gasteiger partial charge in [-0.25, -0.2) is 4.98 Å². The fourth-order valence-corrected chi connectivity index (χ4v) is 5.90. The van der Waals surface area contributed by atoms with Crippen LogP contribution in [0.2, 0.25) is 0 Å². The second-order valence-corrected chi connectivity index (χ2v) is 10.4. The predicted molar refractivity (Wildman–Crippen MR) is 149 cm³/mol. The molecule has 1 unspecified atom stereocenters. The molecule has 1 saturated heterocycles. The summed E-state index contributed by atoms with van der Waals surface area (Å²) in [5.74, 6) is -0.209. The Bertz CT molecular complexity index is 1640. The van der Waals surface area contributed by atoms with E-state index in [1.54, 1.807) is 24.3 Å². The highest BCUT2D eigenvalue weighted by molar-refractivity contribution is 7.22. The van der Waals surface area contributed by atoms with Crippen molar-refractivity contribution >= 4 is 44.1 Å². The highest BCUT2D eigenvalue weighted by Gasteiger charge is 2.48. The molecule has 3 aromatic carbocycles. The number of aryl methyl sites for hydroxylation is 1. The highest BCUT2D eigenvalue weighted by Crippen LogP contribution is 2.45. The number of rotatable bonds is 6. The Balaban J connectivity index is 1.52. The van der Waals surface area contributed by atoms with E-state index in [-0.39, 0.29) is 11.3 Å². The molecular formula is C30H26N2O6S. The Labute approximate surface area is 229 Å². The van der Waals surface area contributed by atoms with Crippen molar-refractivity contribution in [3.8, 4) is 17.2 Å². The fraction of sp³-hybridized carbons (Fsp3) is 0.233. The van der Waals surface area contributed by atoms with Gasteiger partial charge >= 0.3 is 5.91 Å². The number of aliphatic hydroxyl groups excluding tert-OH is 1. The van der Waals surface area contributed by atoms with E-state index in [9.17, 15) is 14.7 Å². The number of ketones is 1. The average molecular weight is 543 g/mol. The van der Waals surface area contributed by atoms with Crippen molar-refractivity contribution in [2.75, 3.05) is 24.7 Å². The van der Waals surface area contributed by atoms with Crippen LogP contribution in [-0.2, 0) is 9.59 Å². The zero-order valence-electron chi connectivity index (χ0n) is 21.5. The average Bonchev–Trinajstić information content (AvgIpc) is 3.48. The molecule has 6 rings (SSSR count). The first-order valence-corrected chi connectivity index (χ1v) is 13.6. The maximum absolute atomic E-state index is 13.6. The Kier molecular flexibility index (Phi) is 6.44. The van der Waals surface area contributed by atoms with E-state index in [0.717, 1.165) is 22.2 Å². The zero-order valence-corrected chi connectivity index (χ0v) is 22.3. The molecule has 0 spiro atoms. The standard InChI is InChI=1S/C30H26N2O6S/c1-3-11-36-20-6-4-5-18(15-20)26-25(27(33)19-8-10-22-23(16-19)38-13-12-37-22)28(34)29(35)32(26)30-31-21-9-7-17(2)14-24(21)39-30/h4-10,14-16,26,33H,3,11-13H2,1-2H3/b27-25+. The molecule has 4 aromatic rings. The van der Waals surface area contributed by atoms with Crippen LogP contribution in [0.15, 0.2) is 66.2 Å². The zero-order chi connectivity index (χ0) is 27.1. The summed E-state index contributed by atoms with van der Waals surface area (Å²) in [6.45, 7) is 5.34. The third-order valence-electron chi connectivity index (χ3n) is 6.65. The number of aliphatic hydroxyl groups is 1. The summed E-state index contributed by atoms with van der Waals surface area (Å²) in [6, 6.07) is 17.1. The van der Waals surface area contributed by atoms with Gasteiger partial charge in [-0.3, -0.25) is 14.5 Å². The number of fused-ring (bicyclic) bond motifs is 2. The number of nitrogens with zero attached hydrogens (tertiary/aromatic N) is 2. The van der Waals surface area contributed by atoms with Crippen LogP contribution < -0.4 is 19.1 Å². The first-order chi connectivity index (χ1) is 18.9. The molecule has 0 saturated carbocycles. The lowest BCUT2D eigenvalue weighted by molar-refractivity contribution is -0.132. The van der Waals surface area contributed by atoms with E-state index in [0.29, 0.717) is 53.3 Å². The molecule has 1 amide bonds. The number of hydrogen-bond donors (Lipinski definition) is 1. The maximum atomic E-state index is 13.6. The molecule has 2 aliphatic rings. The first kappa shape index (κ1) is 24.9. The van der Waals surface area contributed by atoms with E-state index >= 15 is 0 Å². The number of thiazole rings is 1. The van der Waals surface area contributed by atoms with Crippen molar-refractivity contribution in [1.29, 1.82) is 0 Å². The number of carbonyl (C=O) groups is 2. The van der Waals surface area contributed by atoms with Gasteiger partial charge in [0.1, 0.15) is 24.7 Å². The molecule has 2 aliphatic heterocycles. The van der Waals surface area contributed by atoms with Crippen LogP contribution in [0.1, 0.15) is 36.1 Å². The van der Waals surface area contributed by atoms with E-state index in [1.807, 2.05) is 50.2 Å². The van der Waals surface area contributed by atoms with Crippen molar-refractivity contribution < 1.29 is 28.9 Å². The van der Waals surface area contributed by atoms with E-state index < -0.39 is 17.7 Å². The third-order valence-corrected chi connectivity index (χ3v) is 7.66. The van der Waals surface area contributed by atoms with Crippen LogP contribution in [0, 0.1) is 6.92 Å². The van der Waals surface area contributed by atoms with Crippen molar-refractivity contribution in [3.05, 3.63) is 82.9 Å². The molecular weight excluding hydrogens is 516 g/mol. The number of ether oxygens (including phenoxy) is 3. The van der Waals surface area contributed by atoms with Gasteiger partial charge in [0, 0.05) is 5.56 Å². The molecule has 1 atom stereocenters. The molecule has 39 heavy (non-hydrogen) atoms. The van der Waals surface area contributed by atoms with Gasteiger partial charge in [-0.05, 0) is 66.9 Å². The van der Waals surface area contributed by atoms with Gasteiger partial charge in [-0.2, -0.15) is 0 Å². The number of Topliss-reactive ketones (excluding diaryl/α,β-unsaturated/α-hetero) is 1. The third kappa shape index (κ3) is 4.48. The lowest BCUT2D eigenvalue weighted by atomic mass is 9.95. The topological polar surface area (TPSA) is 98.2 Å². The SMILES string of the molecule is CCCOc1cccc(C2/C(=C(\O)c3ccc4c(c3)OCCO4)C(=O)C(=O)N2c2nc3ccc(C)cc3s2)c1. The van der Waals surface area contributed by atoms with Crippen LogP contribution in [0.4, 0.5) is 5.13 Å². The molecule has 0 aliphatic carbocycles. The minimum absolute atomic E-state index is 0.0280. The first-order valence-electron chi connectivity index (χ1n) is 12.8. The van der Waals surface area contributed by atoms with Gasteiger partial charge in [-0.1, -0.05) is 36.5 Å². The van der Waals surface area contributed by atoms with Gasteiger partial charge in [0.15, 0.2) is 16.6 Å². The van der Waals surface area contributed by atoms with Crippen LogP contribution in [0.3, 0.4) is 0 Å². The number of hydrogen-bond acceptors (Lipinski definition) is 8. The van der Waals surface area contributed by atoms with E-state index in [1.165, 1.54) is 16.2 Å². The molecule has 9 heteroatoms. The molecule has 0 bridgehead atoms. The number of carbonyl (C=O) groups excluding carboxylic acids is 2. The lowest BCUT2D eigenvalue weighted by Gasteiger charge is -2.23. The van der Waals surface area contributed by atoms with Crippen LogP contribution in [-0.4, -0.2) is 41.6 Å². The predicted octanol–water partition coefficient (Wildman–Crippen LogP) is 5.79. The largest absolute Gasteiger partial charge is 0.507 e. The molecule has 3 heterocycles. The summed E-state index contributed by atoms with van der Waals surface area (Å²) in [6.07, 6.45) is 0.831. The van der Waals surface area contributed by atoms with Gasteiger partial charge in [0.05, 0.1) is 28.4 Å². The highest BCUT2D eigenvalue weighted by atomic mass is 32.1. The minimum atomic E-state index is -0.912. The number of benzene rings is 3. The Morgan fingerprint density at radius 1 is 1.08 bits per heavy atom. The van der Waals surface area contributed by atoms with Crippen molar-refractivity contribution in [3.63, 3.8) is 0 Å². The summed E-state index contributed by atoms with van der Waals surface area (Å²) >= 11 is 1.33. The smallest absolute Gasteiger partial charge is 0.301 e. The summed E-state index contributed by atoms with van der Waals surface area (Å²) < 4.78 is 18.0. The van der Waals surface area contributed by atoms with Crippen molar-refractivity contribution in [2.24, 2.45) is 0 Å². The maximum Gasteiger partial charge on any atom is 0.301 e. The Morgan fingerprint density at radius 3 is 2.72 bits per heavy atom. The molecule has 1 N–H and O–H groups in total. The van der Waals surface area contributed by atoms with Gasteiger partial charge in [0.25, 0.3) is 5.78 Å². The quantitative estimate of drug-likeness (QED) is 0.187. The van der Waals surface area contributed by atoms with Crippen molar-refractivity contribution in [2.45, 2.75) is 26.3 Å². The second kappa shape index (κ2) is 10.1. The Morgan fingerprint density at radius 2 is 1.90 bits per heavy atom. The van der Waals surface area contributed by atoms with E-state index in [4.69, 9.17) is 19.2 Å². The monoisotopic (exact) mass is 542 g/mol. The number of aromatic nitrogens is 1. The summed E-state index contributed by atoms with van der Waals surface area (Å²) in [5.41, 5.74) is 2.74. The van der Waals surface area contributed by atoms with Crippen molar-refractivity contribution in [1.82, 2.24) is 4.98 Å². The van der Waals surface area contributed by atoms with Gasteiger partial charge in [0.2, 0.25) is 0 Å². The number of anilines is 1. The number of amides is 1. The summed E-state index contributed by atoms with van der Waals surface area (Å²) in [7, 11) is 0. The molecule has 8 nitrogen and oxygen atoms in total. The van der Waals surface area contributed by atoms with Crippen LogP contribution >= 0.6 is 11.3 Å². The van der Waals surface area contributed by atoms with Crippen LogP contribution in [0.25, 0.3) is 16.0 Å². The van der Waals surface area contributed by atoms with Gasteiger partial charge in [-0.15, -0.1) is 0 Å². The summed E-state index contributed by atoms with van der Waals surface area (Å²) in [4.78, 5) is 33.2. The second-order valence-electron chi connectivity index (χ2n) is 9.42. The summed E-state index contributed by atoms with van der Waals surface area (Å²) in [5, 5.41) is 11.9. The molecule has 198 valence electrons. The molecule has 0 radical (unpaired) electrons. The molecule has 1 fully saturated rings. The Hall–Kier alpha value is -4.37. The molecule has 1 aromatic heterocycles.